The minimum atomic E-state index is 0.331. The summed E-state index contributed by atoms with van der Waals surface area (Å²) < 4.78 is 0. The van der Waals surface area contributed by atoms with E-state index < -0.39 is 0 Å². The molecule has 2 aliphatic rings. The van der Waals surface area contributed by atoms with E-state index in [1.54, 1.807) is 0 Å². The lowest BCUT2D eigenvalue weighted by molar-refractivity contribution is 0.220. The first-order chi connectivity index (χ1) is 11.3. The Balaban J connectivity index is 1.62. The summed E-state index contributed by atoms with van der Waals surface area (Å²) in [5.41, 5.74) is 2.85. The highest BCUT2D eigenvalue weighted by atomic mass is 16.3. The quantitative estimate of drug-likeness (QED) is 0.869. The van der Waals surface area contributed by atoms with Crippen LogP contribution >= 0.6 is 0 Å². The maximum Gasteiger partial charge on any atom is 0.0471 e. The van der Waals surface area contributed by atoms with Crippen molar-refractivity contribution in [3.63, 3.8) is 0 Å². The van der Waals surface area contributed by atoms with Crippen molar-refractivity contribution in [2.75, 3.05) is 57.3 Å². The zero-order chi connectivity index (χ0) is 16.1. The molecule has 3 rings (SSSR count). The van der Waals surface area contributed by atoms with E-state index in [2.05, 4.69) is 45.9 Å². The van der Waals surface area contributed by atoms with Gasteiger partial charge in [-0.25, -0.2) is 0 Å². The summed E-state index contributed by atoms with van der Waals surface area (Å²) in [7, 11) is 0. The van der Waals surface area contributed by atoms with Crippen LogP contribution in [0.4, 0.5) is 5.69 Å². The van der Waals surface area contributed by atoms with E-state index in [4.69, 9.17) is 0 Å². The van der Waals surface area contributed by atoms with Gasteiger partial charge in [0.25, 0.3) is 0 Å². The van der Waals surface area contributed by atoms with Crippen LogP contribution in [-0.4, -0.2) is 67.3 Å². The van der Waals surface area contributed by atoms with Gasteiger partial charge < -0.3 is 10.0 Å². The number of para-hydroxylation sites is 1. The molecule has 2 fully saturated rings. The van der Waals surface area contributed by atoms with Crippen molar-refractivity contribution in [3.8, 4) is 0 Å². The van der Waals surface area contributed by atoms with Crippen LogP contribution in [0, 0.1) is 5.92 Å². The largest absolute Gasteiger partial charge is 0.396 e. The fraction of sp³-hybridized carbons (Fsp3) is 0.684. The van der Waals surface area contributed by atoms with E-state index in [9.17, 15) is 5.11 Å². The SMILES string of the molecule is CCCN1CCN(c2ccccc2CN2CCC(CO)C2)CC1. The van der Waals surface area contributed by atoms with E-state index >= 15 is 0 Å². The number of piperazine rings is 1. The number of hydrogen-bond acceptors (Lipinski definition) is 4. The molecule has 2 heterocycles. The van der Waals surface area contributed by atoms with E-state index in [0.29, 0.717) is 12.5 Å². The molecule has 1 unspecified atom stereocenters. The van der Waals surface area contributed by atoms with E-state index in [1.807, 2.05) is 0 Å². The lowest BCUT2D eigenvalue weighted by Gasteiger charge is -2.37. The van der Waals surface area contributed by atoms with Gasteiger partial charge in [0.1, 0.15) is 0 Å². The van der Waals surface area contributed by atoms with Gasteiger partial charge >= 0.3 is 0 Å². The molecule has 128 valence electrons. The van der Waals surface area contributed by atoms with Gasteiger partial charge in [-0.2, -0.15) is 0 Å². The lowest BCUT2D eigenvalue weighted by atomic mass is 10.1. The Morgan fingerprint density at radius 1 is 1.04 bits per heavy atom. The van der Waals surface area contributed by atoms with E-state index in [-0.39, 0.29) is 0 Å². The van der Waals surface area contributed by atoms with Crippen LogP contribution < -0.4 is 4.90 Å². The van der Waals surface area contributed by atoms with Crippen LogP contribution in [0.15, 0.2) is 24.3 Å². The molecule has 0 bridgehead atoms. The summed E-state index contributed by atoms with van der Waals surface area (Å²) in [5, 5.41) is 9.34. The topological polar surface area (TPSA) is 30.0 Å². The zero-order valence-electron chi connectivity index (χ0n) is 14.5. The van der Waals surface area contributed by atoms with Crippen LogP contribution in [0.5, 0.6) is 0 Å². The molecule has 1 aromatic rings. The Morgan fingerprint density at radius 3 is 2.52 bits per heavy atom. The average Bonchev–Trinajstić information content (AvgIpc) is 3.04. The molecule has 2 saturated heterocycles. The summed E-state index contributed by atoms with van der Waals surface area (Å²) in [4.78, 5) is 7.62. The molecule has 1 aromatic carbocycles. The number of hydrogen-bond donors (Lipinski definition) is 1. The van der Waals surface area contributed by atoms with Gasteiger partial charge in [0, 0.05) is 51.6 Å². The molecule has 1 N–H and O–H groups in total. The number of likely N-dealkylation sites (tertiary alicyclic amines) is 1. The second-order valence-electron chi connectivity index (χ2n) is 7.03. The second-order valence-corrected chi connectivity index (χ2v) is 7.03. The fourth-order valence-corrected chi connectivity index (χ4v) is 3.93. The van der Waals surface area contributed by atoms with E-state index in [0.717, 1.165) is 39.1 Å². The second kappa shape index (κ2) is 8.13. The molecular weight excluding hydrogens is 286 g/mol. The Kier molecular flexibility index (Phi) is 5.92. The minimum Gasteiger partial charge on any atom is -0.396 e. The Morgan fingerprint density at radius 2 is 1.83 bits per heavy atom. The highest BCUT2D eigenvalue weighted by Gasteiger charge is 2.24. The lowest BCUT2D eigenvalue weighted by Crippen LogP contribution is -2.46. The predicted octanol–water partition coefficient (Wildman–Crippen LogP) is 2.03. The van der Waals surface area contributed by atoms with Gasteiger partial charge in [-0.1, -0.05) is 25.1 Å². The summed E-state index contributed by atoms with van der Waals surface area (Å²) in [6.45, 7) is 11.6. The molecule has 0 aliphatic carbocycles. The molecule has 23 heavy (non-hydrogen) atoms. The summed E-state index contributed by atoms with van der Waals surface area (Å²) in [6, 6.07) is 8.88. The fourth-order valence-electron chi connectivity index (χ4n) is 3.93. The summed E-state index contributed by atoms with van der Waals surface area (Å²) in [6.07, 6.45) is 2.38. The Bertz CT molecular complexity index is 485. The zero-order valence-corrected chi connectivity index (χ0v) is 14.5. The number of anilines is 1. The normalized spacial score (nSPS) is 23.6. The number of rotatable bonds is 6. The number of aliphatic hydroxyl groups is 1. The van der Waals surface area contributed by atoms with Crippen molar-refractivity contribution >= 4 is 5.69 Å². The molecule has 0 saturated carbocycles. The number of aliphatic hydroxyl groups excluding tert-OH is 1. The molecule has 4 heteroatoms. The highest BCUT2D eigenvalue weighted by molar-refractivity contribution is 5.54. The third-order valence-electron chi connectivity index (χ3n) is 5.27. The van der Waals surface area contributed by atoms with Crippen LogP contribution in [0.1, 0.15) is 25.3 Å². The molecule has 4 nitrogen and oxygen atoms in total. The van der Waals surface area contributed by atoms with Gasteiger partial charge in [-0.3, -0.25) is 9.80 Å². The highest BCUT2D eigenvalue weighted by Crippen LogP contribution is 2.26. The molecule has 0 radical (unpaired) electrons. The van der Waals surface area contributed by atoms with Gasteiger partial charge in [0.05, 0.1) is 0 Å². The standard InChI is InChI=1S/C19H31N3O/c1-2-8-20-10-12-22(13-11-20)19-6-4-3-5-18(19)15-21-9-7-17(14-21)16-23/h3-6,17,23H,2,7-16H2,1H3. The van der Waals surface area contributed by atoms with Crippen molar-refractivity contribution in [1.29, 1.82) is 0 Å². The molecular formula is C19H31N3O. The summed E-state index contributed by atoms with van der Waals surface area (Å²) in [5.74, 6) is 0.472. The first-order valence-electron chi connectivity index (χ1n) is 9.18. The maximum absolute atomic E-state index is 9.34. The smallest absolute Gasteiger partial charge is 0.0471 e. The molecule has 0 spiro atoms. The average molecular weight is 317 g/mol. The molecule has 1 atom stereocenters. The third kappa shape index (κ3) is 4.25. The maximum atomic E-state index is 9.34. The Labute approximate surface area is 140 Å². The van der Waals surface area contributed by atoms with Crippen LogP contribution in [-0.2, 0) is 6.54 Å². The van der Waals surface area contributed by atoms with E-state index in [1.165, 1.54) is 37.3 Å². The predicted molar refractivity (Wildman–Crippen MR) is 95.9 cm³/mol. The molecule has 0 amide bonds. The van der Waals surface area contributed by atoms with Crippen molar-refractivity contribution in [2.24, 2.45) is 5.92 Å². The van der Waals surface area contributed by atoms with Crippen LogP contribution in [0.2, 0.25) is 0 Å². The number of benzene rings is 1. The molecule has 0 aromatic heterocycles. The first kappa shape index (κ1) is 16.7. The van der Waals surface area contributed by atoms with Crippen molar-refractivity contribution in [3.05, 3.63) is 29.8 Å². The van der Waals surface area contributed by atoms with Crippen molar-refractivity contribution in [1.82, 2.24) is 9.80 Å². The minimum absolute atomic E-state index is 0.331. The Hall–Kier alpha value is -1.10. The van der Waals surface area contributed by atoms with Gasteiger partial charge in [-0.15, -0.1) is 0 Å². The van der Waals surface area contributed by atoms with Crippen LogP contribution in [0.3, 0.4) is 0 Å². The third-order valence-corrected chi connectivity index (χ3v) is 5.27. The first-order valence-corrected chi connectivity index (χ1v) is 9.18. The van der Waals surface area contributed by atoms with Gasteiger partial charge in [-0.05, 0) is 43.5 Å². The van der Waals surface area contributed by atoms with Crippen molar-refractivity contribution < 1.29 is 5.11 Å². The van der Waals surface area contributed by atoms with Crippen molar-refractivity contribution in [2.45, 2.75) is 26.3 Å². The monoisotopic (exact) mass is 317 g/mol. The number of nitrogens with zero attached hydrogens (tertiary/aromatic N) is 3. The van der Waals surface area contributed by atoms with Gasteiger partial charge in [0.2, 0.25) is 0 Å². The van der Waals surface area contributed by atoms with Gasteiger partial charge in [0.15, 0.2) is 0 Å². The van der Waals surface area contributed by atoms with Crippen LogP contribution in [0.25, 0.3) is 0 Å². The summed E-state index contributed by atoms with van der Waals surface area (Å²) >= 11 is 0. The molecule has 2 aliphatic heterocycles.